The summed E-state index contributed by atoms with van der Waals surface area (Å²) in [6.45, 7) is 12.4. The number of amides is 1. The average Bonchev–Trinajstić information content (AvgIpc) is 3.59. The number of likely N-dealkylation sites (tertiary alicyclic amines) is 1. The molecule has 2 aromatic carbocycles. The van der Waals surface area contributed by atoms with Crippen molar-refractivity contribution in [3.8, 4) is 18.0 Å². The van der Waals surface area contributed by atoms with Crippen LogP contribution in [0.25, 0.3) is 10.8 Å². The lowest BCUT2D eigenvalue weighted by Crippen LogP contribution is -2.55. The van der Waals surface area contributed by atoms with E-state index < -0.39 is 0 Å². The van der Waals surface area contributed by atoms with Crippen molar-refractivity contribution in [2.75, 3.05) is 62.2 Å². The summed E-state index contributed by atoms with van der Waals surface area (Å²) >= 11 is 0. The number of carbonyl (C=O) groups excluding carboxylic acids is 1. The predicted octanol–water partition coefficient (Wildman–Crippen LogP) is 4.96. The number of anilines is 2. The first-order valence-corrected chi connectivity index (χ1v) is 16.1. The first-order chi connectivity index (χ1) is 22.0. The highest BCUT2D eigenvalue weighted by atomic mass is 16.5. The smallest absolute Gasteiger partial charge is 0.246 e. The van der Waals surface area contributed by atoms with Crippen LogP contribution in [0.5, 0.6) is 5.88 Å². The Labute approximate surface area is 265 Å². The normalized spacial score (nSPS) is 18.4. The number of aromatic nitrogens is 1. The molecule has 6 rings (SSSR count). The quantitative estimate of drug-likeness (QED) is 0.250. The van der Waals surface area contributed by atoms with Gasteiger partial charge in [-0.15, -0.1) is 0 Å². The number of aryl methyl sites for hydroxylation is 1. The van der Waals surface area contributed by atoms with E-state index in [0.717, 1.165) is 56.0 Å². The molecule has 9 nitrogen and oxygen atoms in total. The highest BCUT2D eigenvalue weighted by Crippen LogP contribution is 2.40. The minimum absolute atomic E-state index is 0.171. The number of nitriles is 2. The molecule has 232 valence electrons. The lowest BCUT2D eigenvalue weighted by molar-refractivity contribution is -0.128. The van der Waals surface area contributed by atoms with E-state index in [1.54, 1.807) is 4.90 Å². The molecular formula is C36H41N7O2. The molecule has 2 fully saturated rings. The SMILES string of the molecule is C=CC(=O)N1CCN(c2c(C#N)c(OCCCN3CCCC3)nc3c2CCN(c2cccc4cccc(C)c24)C3)CC1CC#N. The summed E-state index contributed by atoms with van der Waals surface area (Å²) in [6, 6.07) is 17.3. The van der Waals surface area contributed by atoms with Crippen LogP contribution in [0.3, 0.4) is 0 Å². The molecule has 0 saturated carbocycles. The Morgan fingerprint density at radius 1 is 1.09 bits per heavy atom. The number of pyridine rings is 1. The van der Waals surface area contributed by atoms with E-state index in [4.69, 9.17) is 9.72 Å². The molecule has 1 atom stereocenters. The van der Waals surface area contributed by atoms with Gasteiger partial charge in [-0.2, -0.15) is 10.5 Å². The van der Waals surface area contributed by atoms with Crippen LogP contribution < -0.4 is 14.5 Å². The molecule has 3 aliphatic heterocycles. The number of carbonyl (C=O) groups is 1. The Morgan fingerprint density at radius 2 is 1.89 bits per heavy atom. The van der Waals surface area contributed by atoms with Crippen molar-refractivity contribution < 1.29 is 9.53 Å². The molecule has 1 amide bonds. The first-order valence-electron chi connectivity index (χ1n) is 16.1. The largest absolute Gasteiger partial charge is 0.477 e. The molecule has 1 aromatic heterocycles. The second-order valence-electron chi connectivity index (χ2n) is 12.2. The van der Waals surface area contributed by atoms with Gasteiger partial charge in [0.05, 0.1) is 43.1 Å². The zero-order chi connectivity index (χ0) is 31.3. The summed E-state index contributed by atoms with van der Waals surface area (Å²) in [7, 11) is 0. The third-order valence-electron chi connectivity index (χ3n) is 9.48. The van der Waals surface area contributed by atoms with Gasteiger partial charge in [-0.1, -0.05) is 36.9 Å². The molecule has 0 N–H and O–H groups in total. The van der Waals surface area contributed by atoms with Crippen LogP contribution in [0, 0.1) is 29.6 Å². The predicted molar refractivity (Wildman–Crippen MR) is 176 cm³/mol. The number of piperazine rings is 1. The summed E-state index contributed by atoms with van der Waals surface area (Å²) in [6.07, 6.45) is 5.61. The first kappa shape index (κ1) is 30.4. The van der Waals surface area contributed by atoms with E-state index in [1.165, 1.54) is 40.9 Å². The lowest BCUT2D eigenvalue weighted by atomic mass is 9.95. The van der Waals surface area contributed by atoms with Gasteiger partial charge >= 0.3 is 0 Å². The van der Waals surface area contributed by atoms with E-state index in [-0.39, 0.29) is 18.4 Å². The monoisotopic (exact) mass is 603 g/mol. The summed E-state index contributed by atoms with van der Waals surface area (Å²) < 4.78 is 6.33. The average molecular weight is 604 g/mol. The van der Waals surface area contributed by atoms with Crippen molar-refractivity contribution in [2.45, 2.75) is 51.6 Å². The van der Waals surface area contributed by atoms with E-state index in [0.29, 0.717) is 44.2 Å². The molecule has 4 heterocycles. The molecule has 45 heavy (non-hydrogen) atoms. The summed E-state index contributed by atoms with van der Waals surface area (Å²) in [5.74, 6) is 0.209. The van der Waals surface area contributed by atoms with Gasteiger partial charge in [0, 0.05) is 49.4 Å². The number of fused-ring (bicyclic) bond motifs is 2. The number of rotatable bonds is 9. The van der Waals surface area contributed by atoms with Gasteiger partial charge in [0.2, 0.25) is 11.8 Å². The van der Waals surface area contributed by atoms with E-state index in [2.05, 4.69) is 76.7 Å². The maximum Gasteiger partial charge on any atom is 0.246 e. The van der Waals surface area contributed by atoms with Gasteiger partial charge in [0.25, 0.3) is 0 Å². The molecule has 2 saturated heterocycles. The number of nitrogens with zero attached hydrogens (tertiary/aromatic N) is 7. The van der Waals surface area contributed by atoms with Crippen LogP contribution in [0.15, 0.2) is 49.1 Å². The molecule has 1 unspecified atom stereocenters. The van der Waals surface area contributed by atoms with Crippen LogP contribution >= 0.6 is 0 Å². The van der Waals surface area contributed by atoms with Crippen LogP contribution in [-0.4, -0.2) is 79.2 Å². The summed E-state index contributed by atoms with van der Waals surface area (Å²) in [5.41, 5.74) is 5.69. The minimum atomic E-state index is -0.298. The number of hydrogen-bond donors (Lipinski definition) is 0. The van der Waals surface area contributed by atoms with Gasteiger partial charge < -0.3 is 24.3 Å². The second kappa shape index (κ2) is 13.6. The fraction of sp³-hybridized carbons (Fsp3) is 0.444. The summed E-state index contributed by atoms with van der Waals surface area (Å²) in [5, 5.41) is 22.6. The molecule has 0 radical (unpaired) electrons. The second-order valence-corrected chi connectivity index (χ2v) is 12.2. The zero-order valence-electron chi connectivity index (χ0n) is 26.2. The van der Waals surface area contributed by atoms with Crippen molar-refractivity contribution in [1.82, 2.24) is 14.8 Å². The molecule has 3 aliphatic rings. The van der Waals surface area contributed by atoms with E-state index >= 15 is 0 Å². The highest BCUT2D eigenvalue weighted by molar-refractivity contribution is 5.97. The third kappa shape index (κ3) is 6.18. The van der Waals surface area contributed by atoms with Crippen molar-refractivity contribution in [3.05, 3.63) is 71.4 Å². The fourth-order valence-corrected chi connectivity index (χ4v) is 7.27. The van der Waals surface area contributed by atoms with Gasteiger partial charge in [0.15, 0.2) is 0 Å². The molecule has 0 aliphatic carbocycles. The van der Waals surface area contributed by atoms with Gasteiger partial charge in [0.1, 0.15) is 11.6 Å². The van der Waals surface area contributed by atoms with Crippen molar-refractivity contribution in [2.24, 2.45) is 0 Å². The number of hydrogen-bond acceptors (Lipinski definition) is 8. The lowest BCUT2D eigenvalue weighted by Gasteiger charge is -2.43. The van der Waals surface area contributed by atoms with Crippen molar-refractivity contribution in [1.29, 1.82) is 10.5 Å². The summed E-state index contributed by atoms with van der Waals surface area (Å²) in [4.78, 5) is 26.4. The molecule has 0 bridgehead atoms. The molecular weight excluding hydrogens is 562 g/mol. The van der Waals surface area contributed by atoms with Gasteiger partial charge in [-0.05, 0) is 68.8 Å². The maximum atomic E-state index is 12.6. The number of benzene rings is 2. The molecule has 3 aromatic rings. The molecule has 0 spiro atoms. The zero-order valence-corrected chi connectivity index (χ0v) is 26.2. The van der Waals surface area contributed by atoms with Crippen LogP contribution in [0.4, 0.5) is 11.4 Å². The molecule has 9 heteroatoms. The van der Waals surface area contributed by atoms with Crippen molar-refractivity contribution in [3.63, 3.8) is 0 Å². The Morgan fingerprint density at radius 3 is 2.64 bits per heavy atom. The minimum Gasteiger partial charge on any atom is -0.477 e. The van der Waals surface area contributed by atoms with E-state index in [9.17, 15) is 15.3 Å². The van der Waals surface area contributed by atoms with Gasteiger partial charge in [-0.25, -0.2) is 4.98 Å². The Bertz CT molecular complexity index is 1660. The maximum absolute atomic E-state index is 12.6. The fourth-order valence-electron chi connectivity index (χ4n) is 7.27. The van der Waals surface area contributed by atoms with Crippen LogP contribution in [-0.2, 0) is 17.8 Å². The van der Waals surface area contributed by atoms with E-state index in [1.807, 2.05) is 0 Å². The van der Waals surface area contributed by atoms with Gasteiger partial charge in [-0.3, -0.25) is 4.79 Å². The Hall–Kier alpha value is -4.60. The Balaban J connectivity index is 1.36. The number of ether oxygens (including phenoxy) is 1. The van der Waals surface area contributed by atoms with Crippen LogP contribution in [0.2, 0.25) is 0 Å². The Kier molecular flexibility index (Phi) is 9.18. The topological polar surface area (TPSA) is 99.7 Å². The van der Waals surface area contributed by atoms with Crippen molar-refractivity contribution >= 4 is 28.1 Å². The standard InChI is InChI=1S/C36H41N7O2/c1-3-33(44)43-21-20-42(24-28(43)13-15-37)35-29-14-19-41(32-12-7-11-27-10-6-9-26(2)34(27)32)25-31(29)39-36(30(35)23-38)45-22-8-18-40-16-4-5-17-40/h3,6-7,9-12,28H,1,4-5,8,13-14,16-22,24-25H2,2H3. The third-order valence-corrected chi connectivity index (χ3v) is 9.48. The van der Waals surface area contributed by atoms with Crippen LogP contribution in [0.1, 0.15) is 48.1 Å². The highest BCUT2D eigenvalue weighted by Gasteiger charge is 2.35.